The first-order valence-corrected chi connectivity index (χ1v) is 10.7. The van der Waals surface area contributed by atoms with Crippen molar-refractivity contribution in [1.82, 2.24) is 19.3 Å². The standard InChI is InChI=1S/C21H26F3N5O2/c1-12-11-28-13(14-10-26-17(29(12)14)18(2,31)21(22,23)24)9-15(27-28)19-3-6-20(7-4-19,8-5-19)16(25)30/h9-10,12,31H,3-8,11H2,1-2H3,(H2,25,30)/t12-,18+,19?,20?/m0/s1. The highest BCUT2D eigenvalue weighted by Crippen LogP contribution is 2.57. The molecule has 2 aromatic heterocycles. The van der Waals surface area contributed by atoms with E-state index in [1.54, 1.807) is 6.92 Å². The van der Waals surface area contributed by atoms with Crippen LogP contribution in [-0.2, 0) is 22.4 Å². The Morgan fingerprint density at radius 3 is 2.35 bits per heavy atom. The van der Waals surface area contributed by atoms with E-state index in [-0.39, 0.29) is 17.4 Å². The smallest absolute Gasteiger partial charge is 0.374 e. The average molecular weight is 437 g/mol. The first-order chi connectivity index (χ1) is 14.4. The van der Waals surface area contributed by atoms with Crippen LogP contribution in [-0.4, -0.2) is 36.5 Å². The molecule has 3 fully saturated rings. The summed E-state index contributed by atoms with van der Waals surface area (Å²) in [7, 11) is 0. The molecule has 1 amide bonds. The van der Waals surface area contributed by atoms with Crippen molar-refractivity contribution < 1.29 is 23.1 Å². The Bertz CT molecular complexity index is 1040. The van der Waals surface area contributed by atoms with E-state index in [0.29, 0.717) is 17.9 Å². The van der Waals surface area contributed by atoms with E-state index in [0.717, 1.165) is 51.1 Å². The first-order valence-electron chi connectivity index (χ1n) is 10.7. The summed E-state index contributed by atoms with van der Waals surface area (Å²) in [5, 5.41) is 15.1. The van der Waals surface area contributed by atoms with Crippen molar-refractivity contribution in [1.29, 1.82) is 0 Å². The normalized spacial score (nSPS) is 31.7. The van der Waals surface area contributed by atoms with Gasteiger partial charge in [-0.15, -0.1) is 0 Å². The number of nitrogens with two attached hydrogens (primary N) is 1. The lowest BCUT2D eigenvalue weighted by Gasteiger charge is -2.51. The van der Waals surface area contributed by atoms with Gasteiger partial charge in [0.1, 0.15) is 0 Å². The quantitative estimate of drug-likeness (QED) is 0.771. The molecule has 0 radical (unpaired) electrons. The summed E-state index contributed by atoms with van der Waals surface area (Å²) in [5.41, 5.74) is 4.24. The Morgan fingerprint density at radius 1 is 1.19 bits per heavy atom. The minimum atomic E-state index is -4.84. The SMILES string of the molecule is C[C@H]1Cn2nc(C34CCC(C(N)=O)(CC3)CC4)cc2-c2cnc([C@@](C)(O)C(F)(F)F)n21. The number of primary amides is 1. The summed E-state index contributed by atoms with van der Waals surface area (Å²) in [4.78, 5) is 15.9. The van der Waals surface area contributed by atoms with E-state index in [4.69, 9.17) is 10.8 Å². The summed E-state index contributed by atoms with van der Waals surface area (Å²) in [5.74, 6) is -0.622. The third-order valence-corrected chi connectivity index (χ3v) is 8.02. The second kappa shape index (κ2) is 6.11. The molecule has 4 aliphatic rings. The van der Waals surface area contributed by atoms with Crippen LogP contribution in [0.15, 0.2) is 12.3 Å². The Hall–Kier alpha value is -2.36. The van der Waals surface area contributed by atoms with Gasteiger partial charge in [0.25, 0.3) is 0 Å². The fraction of sp³-hybridized carbons (Fsp3) is 0.667. The van der Waals surface area contributed by atoms with E-state index < -0.39 is 23.0 Å². The van der Waals surface area contributed by atoms with Crippen LogP contribution < -0.4 is 5.73 Å². The molecular weight excluding hydrogens is 411 g/mol. The maximum Gasteiger partial charge on any atom is 0.424 e. The number of nitrogens with zero attached hydrogens (tertiary/aromatic N) is 4. The summed E-state index contributed by atoms with van der Waals surface area (Å²) < 4.78 is 43.7. The van der Waals surface area contributed by atoms with E-state index in [1.165, 1.54) is 10.8 Å². The molecular formula is C21H26F3N5O2. The number of rotatable bonds is 3. The van der Waals surface area contributed by atoms with Crippen LogP contribution >= 0.6 is 0 Å². The third kappa shape index (κ3) is 2.66. The lowest BCUT2D eigenvalue weighted by molar-refractivity contribution is -0.262. The zero-order valence-electron chi connectivity index (χ0n) is 17.5. The lowest BCUT2D eigenvalue weighted by Crippen LogP contribution is -2.50. The number of imidazole rings is 1. The predicted octanol–water partition coefficient (Wildman–Crippen LogP) is 3.17. The molecule has 0 spiro atoms. The van der Waals surface area contributed by atoms with Gasteiger partial charge in [0.15, 0.2) is 5.82 Å². The van der Waals surface area contributed by atoms with Gasteiger partial charge in [-0.25, -0.2) is 4.98 Å². The lowest BCUT2D eigenvalue weighted by atomic mass is 9.52. The third-order valence-electron chi connectivity index (χ3n) is 8.02. The van der Waals surface area contributed by atoms with Crippen LogP contribution in [0.2, 0.25) is 0 Å². The molecule has 2 atom stereocenters. The summed E-state index contributed by atoms with van der Waals surface area (Å²) in [6.45, 7) is 2.92. The van der Waals surface area contributed by atoms with Crippen LogP contribution in [0.5, 0.6) is 0 Å². The molecule has 1 aliphatic heterocycles. The highest BCUT2D eigenvalue weighted by Gasteiger charge is 2.56. The highest BCUT2D eigenvalue weighted by atomic mass is 19.4. The summed E-state index contributed by atoms with van der Waals surface area (Å²) >= 11 is 0. The molecule has 7 nitrogen and oxygen atoms in total. The Balaban J connectivity index is 1.54. The molecule has 3 N–H and O–H groups in total. The first kappa shape index (κ1) is 20.5. The number of amides is 1. The summed E-state index contributed by atoms with van der Waals surface area (Å²) in [6, 6.07) is 1.60. The molecule has 10 heteroatoms. The zero-order valence-corrected chi connectivity index (χ0v) is 17.5. The minimum Gasteiger partial charge on any atom is -0.374 e. The predicted molar refractivity (Wildman–Crippen MR) is 105 cm³/mol. The van der Waals surface area contributed by atoms with Crippen molar-refractivity contribution in [2.75, 3.05) is 0 Å². The van der Waals surface area contributed by atoms with E-state index in [2.05, 4.69) is 4.98 Å². The number of fused-ring (bicyclic) bond motifs is 6. The maximum atomic E-state index is 13.5. The number of halogens is 3. The molecule has 168 valence electrons. The van der Waals surface area contributed by atoms with Crippen LogP contribution in [0.4, 0.5) is 13.2 Å². The van der Waals surface area contributed by atoms with Crippen LogP contribution in [0.25, 0.3) is 11.4 Å². The molecule has 2 aromatic rings. The molecule has 3 saturated carbocycles. The second-order valence-corrected chi connectivity index (χ2v) is 9.78. The number of hydrogen-bond acceptors (Lipinski definition) is 4. The molecule has 0 unspecified atom stereocenters. The van der Waals surface area contributed by atoms with E-state index in [9.17, 15) is 23.1 Å². The Labute approximate surface area is 177 Å². The number of alkyl halides is 3. The fourth-order valence-corrected chi connectivity index (χ4v) is 5.78. The summed E-state index contributed by atoms with van der Waals surface area (Å²) in [6.07, 6.45) is 1.28. The topological polar surface area (TPSA) is 99.0 Å². The van der Waals surface area contributed by atoms with Crippen LogP contribution in [0.1, 0.15) is 69.9 Å². The molecule has 3 heterocycles. The molecule has 0 saturated heterocycles. The highest BCUT2D eigenvalue weighted by molar-refractivity contribution is 5.81. The van der Waals surface area contributed by atoms with Gasteiger partial charge < -0.3 is 15.4 Å². The Kier molecular flexibility index (Phi) is 4.05. The number of aliphatic hydroxyl groups is 1. The second-order valence-electron chi connectivity index (χ2n) is 9.78. The number of carbonyl (C=O) groups is 1. The number of aromatic nitrogens is 4. The fourth-order valence-electron chi connectivity index (χ4n) is 5.78. The molecule has 0 aromatic carbocycles. The molecule has 6 rings (SSSR count). The van der Waals surface area contributed by atoms with Gasteiger partial charge in [-0.05, 0) is 58.4 Å². The van der Waals surface area contributed by atoms with Gasteiger partial charge in [-0.3, -0.25) is 9.48 Å². The Morgan fingerprint density at radius 2 is 1.81 bits per heavy atom. The van der Waals surface area contributed by atoms with Crippen molar-refractivity contribution >= 4 is 5.91 Å². The van der Waals surface area contributed by atoms with Crippen LogP contribution in [0.3, 0.4) is 0 Å². The van der Waals surface area contributed by atoms with Gasteiger partial charge in [-0.2, -0.15) is 18.3 Å². The van der Waals surface area contributed by atoms with E-state index in [1.807, 2.05) is 10.7 Å². The largest absolute Gasteiger partial charge is 0.424 e. The zero-order chi connectivity index (χ0) is 22.4. The maximum absolute atomic E-state index is 13.5. The minimum absolute atomic E-state index is 0.129. The molecule has 3 aliphatic carbocycles. The molecule has 2 bridgehead atoms. The van der Waals surface area contributed by atoms with Crippen molar-refractivity contribution in [3.8, 4) is 11.4 Å². The van der Waals surface area contributed by atoms with Crippen LogP contribution in [0, 0.1) is 5.41 Å². The number of carbonyl (C=O) groups excluding carboxylic acids is 1. The van der Waals surface area contributed by atoms with Gasteiger partial charge in [-0.1, -0.05) is 0 Å². The van der Waals surface area contributed by atoms with Crippen molar-refractivity contribution in [3.63, 3.8) is 0 Å². The van der Waals surface area contributed by atoms with Gasteiger partial charge >= 0.3 is 6.18 Å². The number of hydrogen-bond donors (Lipinski definition) is 2. The average Bonchev–Trinajstić information content (AvgIpc) is 3.33. The van der Waals surface area contributed by atoms with E-state index >= 15 is 0 Å². The van der Waals surface area contributed by atoms with Gasteiger partial charge in [0.05, 0.1) is 35.9 Å². The molecule has 31 heavy (non-hydrogen) atoms. The van der Waals surface area contributed by atoms with Crippen molar-refractivity contribution in [3.05, 3.63) is 23.8 Å². The monoisotopic (exact) mass is 437 g/mol. The van der Waals surface area contributed by atoms with Gasteiger partial charge in [0, 0.05) is 10.8 Å². The van der Waals surface area contributed by atoms with Gasteiger partial charge in [0.2, 0.25) is 11.5 Å². The van der Waals surface area contributed by atoms with Crippen molar-refractivity contribution in [2.24, 2.45) is 11.1 Å². The van der Waals surface area contributed by atoms with Crippen molar-refractivity contribution in [2.45, 2.75) is 82.2 Å².